The molecule has 1 aliphatic heterocycles. The van der Waals surface area contributed by atoms with Crippen molar-refractivity contribution in [1.29, 1.82) is 0 Å². The maximum Gasteiger partial charge on any atom is 0.119 e. The molecule has 3 rings (SSSR count). The lowest BCUT2D eigenvalue weighted by Gasteiger charge is -2.43. The summed E-state index contributed by atoms with van der Waals surface area (Å²) in [5.41, 5.74) is 1.78. The maximum atomic E-state index is 5.79. The van der Waals surface area contributed by atoms with Crippen molar-refractivity contribution in [2.45, 2.75) is 18.3 Å². The molecule has 2 heteroatoms. The second-order valence-corrected chi connectivity index (χ2v) is 5.51. The summed E-state index contributed by atoms with van der Waals surface area (Å²) in [6, 6.07) is 20.9. The van der Waals surface area contributed by atoms with Gasteiger partial charge in [-0.15, -0.1) is 0 Å². The number of ether oxygens (including phenoxy) is 1. The summed E-state index contributed by atoms with van der Waals surface area (Å²) in [7, 11) is 0. The van der Waals surface area contributed by atoms with E-state index in [4.69, 9.17) is 4.74 Å². The molecule has 104 valence electrons. The summed E-state index contributed by atoms with van der Waals surface area (Å²) in [5, 5.41) is 3.42. The summed E-state index contributed by atoms with van der Waals surface area (Å²) in [6.45, 7) is 2.96. The van der Waals surface area contributed by atoms with Crippen LogP contribution in [0.2, 0.25) is 0 Å². The smallest absolute Gasteiger partial charge is 0.119 e. The molecule has 0 atom stereocenters. The fraction of sp³-hybridized carbons (Fsp3) is 0.333. The van der Waals surface area contributed by atoms with Crippen molar-refractivity contribution in [3.63, 3.8) is 0 Å². The van der Waals surface area contributed by atoms with E-state index in [1.54, 1.807) is 0 Å². The Hall–Kier alpha value is -1.80. The monoisotopic (exact) mass is 267 g/mol. The van der Waals surface area contributed by atoms with Crippen LogP contribution in [0, 0.1) is 0 Å². The van der Waals surface area contributed by atoms with Gasteiger partial charge in [0.15, 0.2) is 0 Å². The molecule has 20 heavy (non-hydrogen) atoms. The van der Waals surface area contributed by atoms with Crippen molar-refractivity contribution in [2.24, 2.45) is 0 Å². The fourth-order valence-corrected chi connectivity index (χ4v) is 2.86. The van der Waals surface area contributed by atoms with Crippen LogP contribution >= 0.6 is 0 Å². The molecule has 0 aromatic heterocycles. The standard InChI is InChI=1S/C18H21NO/c1-3-8-16(9-4-1)18(14-19-15-18)12-7-13-20-17-10-5-2-6-11-17/h1-6,8-11,19H,7,12-15H2. The van der Waals surface area contributed by atoms with Crippen molar-refractivity contribution >= 4 is 0 Å². The minimum absolute atomic E-state index is 0.321. The fourth-order valence-electron chi connectivity index (χ4n) is 2.86. The third kappa shape index (κ3) is 2.86. The Balaban J connectivity index is 1.52. The molecule has 0 spiro atoms. The predicted molar refractivity (Wildman–Crippen MR) is 82.2 cm³/mol. The number of hydrogen-bond acceptors (Lipinski definition) is 2. The quantitative estimate of drug-likeness (QED) is 0.810. The second-order valence-electron chi connectivity index (χ2n) is 5.51. The van der Waals surface area contributed by atoms with E-state index in [0.29, 0.717) is 5.41 Å². The Morgan fingerprint density at radius 1 is 0.900 bits per heavy atom. The second kappa shape index (κ2) is 6.10. The van der Waals surface area contributed by atoms with Gasteiger partial charge >= 0.3 is 0 Å². The van der Waals surface area contributed by atoms with Gasteiger partial charge in [0.2, 0.25) is 0 Å². The summed E-state index contributed by atoms with van der Waals surface area (Å²) in [6.07, 6.45) is 2.27. The van der Waals surface area contributed by atoms with E-state index in [-0.39, 0.29) is 0 Å². The summed E-state index contributed by atoms with van der Waals surface area (Å²) in [4.78, 5) is 0. The number of rotatable bonds is 6. The topological polar surface area (TPSA) is 21.3 Å². The first-order valence-electron chi connectivity index (χ1n) is 7.33. The highest BCUT2D eigenvalue weighted by molar-refractivity contribution is 5.29. The largest absolute Gasteiger partial charge is 0.494 e. The third-order valence-electron chi connectivity index (χ3n) is 4.12. The molecule has 2 aromatic carbocycles. The van der Waals surface area contributed by atoms with Gasteiger partial charge in [-0.25, -0.2) is 0 Å². The molecule has 1 heterocycles. The van der Waals surface area contributed by atoms with E-state index in [9.17, 15) is 0 Å². The first-order chi connectivity index (χ1) is 9.89. The lowest BCUT2D eigenvalue weighted by molar-refractivity contribution is 0.223. The summed E-state index contributed by atoms with van der Waals surface area (Å²) >= 11 is 0. The minimum Gasteiger partial charge on any atom is -0.494 e. The lowest BCUT2D eigenvalue weighted by atomic mass is 9.72. The number of hydrogen-bond donors (Lipinski definition) is 1. The highest BCUT2D eigenvalue weighted by Gasteiger charge is 2.37. The molecule has 1 fully saturated rings. The van der Waals surface area contributed by atoms with Gasteiger partial charge in [0.25, 0.3) is 0 Å². The molecule has 2 nitrogen and oxygen atoms in total. The highest BCUT2D eigenvalue weighted by atomic mass is 16.5. The molecular weight excluding hydrogens is 246 g/mol. The van der Waals surface area contributed by atoms with E-state index in [2.05, 4.69) is 35.6 Å². The molecule has 1 saturated heterocycles. The first-order valence-corrected chi connectivity index (χ1v) is 7.33. The molecule has 1 N–H and O–H groups in total. The Morgan fingerprint density at radius 3 is 2.15 bits per heavy atom. The van der Waals surface area contributed by atoms with Crippen LogP contribution in [0.15, 0.2) is 60.7 Å². The molecule has 0 bridgehead atoms. The molecule has 0 saturated carbocycles. The van der Waals surface area contributed by atoms with Crippen molar-refractivity contribution in [1.82, 2.24) is 5.32 Å². The predicted octanol–water partition coefficient (Wildman–Crippen LogP) is 3.39. The van der Waals surface area contributed by atoms with E-state index < -0.39 is 0 Å². The first kappa shape index (κ1) is 13.2. The Bertz CT molecular complexity index is 520. The van der Waals surface area contributed by atoms with Crippen LogP contribution in [-0.2, 0) is 5.41 Å². The van der Waals surface area contributed by atoms with Crippen LogP contribution < -0.4 is 10.1 Å². The summed E-state index contributed by atoms with van der Waals surface area (Å²) in [5.74, 6) is 0.966. The average Bonchev–Trinajstić information content (AvgIpc) is 2.48. The molecule has 0 unspecified atom stereocenters. The minimum atomic E-state index is 0.321. The van der Waals surface area contributed by atoms with Crippen LogP contribution in [0.1, 0.15) is 18.4 Å². The zero-order valence-corrected chi connectivity index (χ0v) is 11.7. The van der Waals surface area contributed by atoms with Crippen molar-refractivity contribution in [3.8, 4) is 5.75 Å². The Morgan fingerprint density at radius 2 is 1.55 bits per heavy atom. The highest BCUT2D eigenvalue weighted by Crippen LogP contribution is 2.33. The van der Waals surface area contributed by atoms with E-state index in [1.807, 2.05) is 30.3 Å². The van der Waals surface area contributed by atoms with Gasteiger partial charge in [0, 0.05) is 18.5 Å². The van der Waals surface area contributed by atoms with Crippen molar-refractivity contribution < 1.29 is 4.74 Å². The van der Waals surface area contributed by atoms with Crippen LogP contribution in [0.4, 0.5) is 0 Å². The van der Waals surface area contributed by atoms with Gasteiger partial charge in [-0.3, -0.25) is 0 Å². The number of para-hydroxylation sites is 1. The van der Waals surface area contributed by atoms with Gasteiger partial charge in [-0.1, -0.05) is 48.5 Å². The molecule has 0 amide bonds. The van der Waals surface area contributed by atoms with Gasteiger partial charge in [0.05, 0.1) is 6.61 Å². The third-order valence-corrected chi connectivity index (χ3v) is 4.12. The normalized spacial score (nSPS) is 16.4. The van der Waals surface area contributed by atoms with Crippen LogP contribution in [0.25, 0.3) is 0 Å². The van der Waals surface area contributed by atoms with Crippen molar-refractivity contribution in [3.05, 3.63) is 66.2 Å². The van der Waals surface area contributed by atoms with Gasteiger partial charge < -0.3 is 10.1 Å². The van der Waals surface area contributed by atoms with Crippen LogP contribution in [-0.4, -0.2) is 19.7 Å². The van der Waals surface area contributed by atoms with Crippen LogP contribution in [0.3, 0.4) is 0 Å². The maximum absolute atomic E-state index is 5.79. The molecule has 0 radical (unpaired) electrons. The van der Waals surface area contributed by atoms with Gasteiger partial charge in [-0.2, -0.15) is 0 Å². The molecular formula is C18H21NO. The van der Waals surface area contributed by atoms with Crippen molar-refractivity contribution in [2.75, 3.05) is 19.7 Å². The lowest BCUT2D eigenvalue weighted by Crippen LogP contribution is -2.56. The summed E-state index contributed by atoms with van der Waals surface area (Å²) < 4.78 is 5.79. The van der Waals surface area contributed by atoms with Gasteiger partial charge in [-0.05, 0) is 30.5 Å². The number of nitrogens with one attached hydrogen (secondary N) is 1. The van der Waals surface area contributed by atoms with Crippen LogP contribution in [0.5, 0.6) is 5.75 Å². The van der Waals surface area contributed by atoms with E-state index in [1.165, 1.54) is 12.0 Å². The molecule has 2 aromatic rings. The Labute approximate surface area is 120 Å². The van der Waals surface area contributed by atoms with Gasteiger partial charge in [0.1, 0.15) is 5.75 Å². The molecule has 1 aliphatic rings. The SMILES string of the molecule is c1ccc(OCCCC2(c3ccccc3)CNC2)cc1. The Kier molecular flexibility index (Phi) is 4.03. The molecule has 0 aliphatic carbocycles. The zero-order valence-electron chi connectivity index (χ0n) is 11.7. The average molecular weight is 267 g/mol. The van der Waals surface area contributed by atoms with E-state index in [0.717, 1.165) is 31.9 Å². The zero-order chi connectivity index (χ0) is 13.7. The number of benzene rings is 2. The van der Waals surface area contributed by atoms with E-state index >= 15 is 0 Å².